The van der Waals surface area contributed by atoms with Crippen molar-refractivity contribution in [2.75, 3.05) is 26.7 Å². The fourth-order valence-corrected chi connectivity index (χ4v) is 2.92. The molecule has 3 atom stereocenters. The normalized spacial score (nSPS) is 34.6. The Hall–Kier alpha value is -1.69. The number of carbonyl (C=O) groups is 3. The summed E-state index contributed by atoms with van der Waals surface area (Å²) in [6, 6.07) is -0.299. The fourth-order valence-electron chi connectivity index (χ4n) is 2.92. The molecule has 0 aromatic rings. The van der Waals surface area contributed by atoms with Crippen molar-refractivity contribution in [2.45, 2.75) is 6.04 Å². The number of hydrogen-bond acceptors (Lipinski definition) is 4. The Morgan fingerprint density at radius 1 is 1.28 bits per heavy atom. The second-order valence-electron chi connectivity index (χ2n) is 5.01. The Balaban J connectivity index is 1.73. The zero-order valence-electron chi connectivity index (χ0n) is 10.1. The van der Waals surface area contributed by atoms with E-state index in [4.69, 9.17) is 0 Å². The molecule has 6 nitrogen and oxygen atoms in total. The average Bonchev–Trinajstić information content (AvgIpc) is 3.06. The Morgan fingerprint density at radius 2 is 1.89 bits per heavy atom. The molecule has 0 saturated carbocycles. The maximum absolute atomic E-state index is 12.1. The standard InChI is InChI=1S/C12H15N3O3/c1-14-10(16)7-5-15(6-8(7)11(14)17)12(18)9-3-2-4-13-9/h2-3,7-9,13H,4-6H2,1H3/t7-,8+,9-/m1/s1. The van der Waals surface area contributed by atoms with Crippen molar-refractivity contribution in [1.29, 1.82) is 0 Å². The zero-order valence-corrected chi connectivity index (χ0v) is 10.1. The zero-order chi connectivity index (χ0) is 12.9. The lowest BCUT2D eigenvalue weighted by molar-refractivity contribution is -0.139. The smallest absolute Gasteiger partial charge is 0.243 e. The van der Waals surface area contributed by atoms with E-state index in [9.17, 15) is 14.4 Å². The molecule has 1 N–H and O–H groups in total. The van der Waals surface area contributed by atoms with E-state index in [1.807, 2.05) is 12.2 Å². The molecule has 3 amide bonds. The van der Waals surface area contributed by atoms with Crippen molar-refractivity contribution in [1.82, 2.24) is 15.1 Å². The highest BCUT2D eigenvalue weighted by Gasteiger charge is 2.52. The van der Waals surface area contributed by atoms with Crippen LogP contribution in [0.15, 0.2) is 12.2 Å². The lowest BCUT2D eigenvalue weighted by Crippen LogP contribution is -2.44. The summed E-state index contributed by atoms with van der Waals surface area (Å²) in [5.74, 6) is -1.03. The molecule has 3 aliphatic rings. The summed E-state index contributed by atoms with van der Waals surface area (Å²) in [6.07, 6.45) is 3.73. The first kappa shape index (κ1) is 11.4. The highest BCUT2D eigenvalue weighted by atomic mass is 16.2. The summed E-state index contributed by atoms with van der Waals surface area (Å²) in [4.78, 5) is 38.6. The van der Waals surface area contributed by atoms with Crippen LogP contribution < -0.4 is 5.32 Å². The second-order valence-corrected chi connectivity index (χ2v) is 5.01. The average molecular weight is 249 g/mol. The van der Waals surface area contributed by atoms with Gasteiger partial charge in [0.25, 0.3) is 0 Å². The fraction of sp³-hybridized carbons (Fsp3) is 0.583. The van der Waals surface area contributed by atoms with E-state index in [2.05, 4.69) is 5.32 Å². The number of carbonyl (C=O) groups excluding carboxylic acids is 3. The number of fused-ring (bicyclic) bond motifs is 1. The Morgan fingerprint density at radius 3 is 2.39 bits per heavy atom. The number of imide groups is 1. The molecule has 0 aliphatic carbocycles. The van der Waals surface area contributed by atoms with Gasteiger partial charge in [-0.15, -0.1) is 0 Å². The maximum Gasteiger partial charge on any atom is 0.243 e. The minimum Gasteiger partial charge on any atom is -0.339 e. The molecule has 0 unspecified atom stereocenters. The van der Waals surface area contributed by atoms with Crippen molar-refractivity contribution < 1.29 is 14.4 Å². The lowest BCUT2D eigenvalue weighted by atomic mass is 10.00. The van der Waals surface area contributed by atoms with E-state index in [-0.39, 0.29) is 35.6 Å². The lowest BCUT2D eigenvalue weighted by Gasteiger charge is -2.21. The molecule has 0 radical (unpaired) electrons. The molecule has 18 heavy (non-hydrogen) atoms. The minimum absolute atomic E-state index is 0.0404. The number of likely N-dealkylation sites (tertiary alicyclic amines) is 2. The highest BCUT2D eigenvalue weighted by molar-refractivity contribution is 6.06. The van der Waals surface area contributed by atoms with Gasteiger partial charge in [-0.2, -0.15) is 0 Å². The van der Waals surface area contributed by atoms with Crippen LogP contribution in [0.2, 0.25) is 0 Å². The summed E-state index contributed by atoms with van der Waals surface area (Å²) in [5, 5.41) is 3.05. The molecular weight excluding hydrogens is 234 g/mol. The summed E-state index contributed by atoms with van der Waals surface area (Å²) in [5.41, 5.74) is 0. The predicted molar refractivity (Wildman–Crippen MR) is 62.3 cm³/mol. The largest absolute Gasteiger partial charge is 0.339 e. The van der Waals surface area contributed by atoms with E-state index in [0.717, 1.165) is 0 Å². The first-order valence-corrected chi connectivity index (χ1v) is 6.10. The third-order valence-electron chi connectivity index (χ3n) is 3.98. The van der Waals surface area contributed by atoms with Gasteiger partial charge in [-0.1, -0.05) is 12.2 Å². The third kappa shape index (κ3) is 1.49. The number of nitrogens with one attached hydrogen (secondary N) is 1. The van der Waals surface area contributed by atoms with E-state index >= 15 is 0 Å². The van der Waals surface area contributed by atoms with Crippen LogP contribution in [0.3, 0.4) is 0 Å². The van der Waals surface area contributed by atoms with Crippen molar-refractivity contribution in [3.63, 3.8) is 0 Å². The molecule has 3 rings (SSSR count). The first-order chi connectivity index (χ1) is 8.59. The van der Waals surface area contributed by atoms with E-state index < -0.39 is 0 Å². The van der Waals surface area contributed by atoms with Gasteiger partial charge in [-0.25, -0.2) is 0 Å². The Bertz CT molecular complexity index is 435. The Labute approximate surface area is 105 Å². The van der Waals surface area contributed by atoms with Crippen molar-refractivity contribution in [2.24, 2.45) is 11.8 Å². The van der Waals surface area contributed by atoms with Gasteiger partial charge < -0.3 is 4.90 Å². The molecule has 2 fully saturated rings. The second kappa shape index (κ2) is 3.91. The van der Waals surface area contributed by atoms with E-state index in [1.165, 1.54) is 11.9 Å². The molecule has 0 aromatic carbocycles. The van der Waals surface area contributed by atoms with Crippen molar-refractivity contribution in [3.05, 3.63) is 12.2 Å². The van der Waals surface area contributed by atoms with E-state index in [1.54, 1.807) is 4.90 Å². The highest BCUT2D eigenvalue weighted by Crippen LogP contribution is 2.32. The topological polar surface area (TPSA) is 69.7 Å². The first-order valence-electron chi connectivity index (χ1n) is 6.10. The van der Waals surface area contributed by atoms with Gasteiger partial charge in [0.05, 0.1) is 11.8 Å². The molecular formula is C12H15N3O3. The predicted octanol–water partition coefficient (Wildman–Crippen LogP) is -1.41. The molecule has 6 heteroatoms. The number of hydrogen-bond donors (Lipinski definition) is 1. The van der Waals surface area contributed by atoms with Gasteiger partial charge in [-0.05, 0) is 0 Å². The Kier molecular flexibility index (Phi) is 2.48. The molecule has 0 bridgehead atoms. The summed E-state index contributed by atoms with van der Waals surface area (Å²) >= 11 is 0. The molecule has 0 spiro atoms. The molecule has 96 valence electrons. The van der Waals surface area contributed by atoms with Gasteiger partial charge in [0.15, 0.2) is 0 Å². The molecule has 3 aliphatic heterocycles. The van der Waals surface area contributed by atoms with Crippen LogP contribution in [0.25, 0.3) is 0 Å². The minimum atomic E-state index is -0.336. The van der Waals surface area contributed by atoms with Gasteiger partial charge >= 0.3 is 0 Å². The SMILES string of the molecule is CN1C(=O)[C@H]2CN(C(=O)[C@H]3C=CCN3)C[C@H]2C1=O. The maximum atomic E-state index is 12.1. The summed E-state index contributed by atoms with van der Waals surface area (Å²) in [7, 11) is 1.51. The van der Waals surface area contributed by atoms with Crippen molar-refractivity contribution >= 4 is 17.7 Å². The molecule has 0 aromatic heterocycles. The van der Waals surface area contributed by atoms with Crippen LogP contribution in [0, 0.1) is 11.8 Å². The molecule has 2 saturated heterocycles. The van der Waals surface area contributed by atoms with Gasteiger partial charge in [0, 0.05) is 26.7 Å². The van der Waals surface area contributed by atoms with Gasteiger partial charge in [0.2, 0.25) is 17.7 Å². The van der Waals surface area contributed by atoms with Crippen LogP contribution in [0.4, 0.5) is 0 Å². The van der Waals surface area contributed by atoms with Crippen LogP contribution in [-0.4, -0.2) is 60.2 Å². The molecule has 3 heterocycles. The number of rotatable bonds is 1. The van der Waals surface area contributed by atoms with Crippen LogP contribution in [-0.2, 0) is 14.4 Å². The number of nitrogens with zero attached hydrogens (tertiary/aromatic N) is 2. The van der Waals surface area contributed by atoms with Crippen LogP contribution in [0.1, 0.15) is 0 Å². The van der Waals surface area contributed by atoms with Crippen LogP contribution in [0.5, 0.6) is 0 Å². The van der Waals surface area contributed by atoms with E-state index in [0.29, 0.717) is 19.6 Å². The number of amides is 3. The van der Waals surface area contributed by atoms with Gasteiger partial charge in [0.1, 0.15) is 6.04 Å². The summed E-state index contributed by atoms with van der Waals surface area (Å²) in [6.45, 7) is 1.42. The van der Waals surface area contributed by atoms with Crippen LogP contribution >= 0.6 is 0 Å². The summed E-state index contributed by atoms with van der Waals surface area (Å²) < 4.78 is 0. The van der Waals surface area contributed by atoms with Gasteiger partial charge in [-0.3, -0.25) is 24.6 Å². The van der Waals surface area contributed by atoms with Crippen molar-refractivity contribution in [3.8, 4) is 0 Å². The third-order valence-corrected chi connectivity index (χ3v) is 3.98. The quantitative estimate of drug-likeness (QED) is 0.458. The monoisotopic (exact) mass is 249 g/mol.